The van der Waals surface area contributed by atoms with Gasteiger partial charge in [-0.2, -0.15) is 0 Å². The molecule has 0 aromatic heterocycles. The van der Waals surface area contributed by atoms with Crippen molar-refractivity contribution in [2.45, 2.75) is 20.0 Å². The molecule has 8 heteroatoms. The van der Waals surface area contributed by atoms with Crippen LogP contribution >= 0.6 is 11.6 Å². The quantitative estimate of drug-likeness (QED) is 0.571. The summed E-state index contributed by atoms with van der Waals surface area (Å²) in [5.41, 5.74) is 0.498. The van der Waals surface area contributed by atoms with Crippen LogP contribution in [0.1, 0.15) is 40.1 Å². The molecular weight excluding hydrogens is 384 g/mol. The molecule has 2 aromatic carbocycles. The number of nitrogens with one attached hydrogen (secondary N) is 2. The molecule has 1 atom stereocenters. The number of imide groups is 1. The first-order chi connectivity index (χ1) is 13.3. The number of ether oxygens (including phenoxy) is 1. The Balaban J connectivity index is 2.16. The summed E-state index contributed by atoms with van der Waals surface area (Å²) >= 11 is 5.84. The predicted molar refractivity (Wildman–Crippen MR) is 103 cm³/mol. The number of carbonyl (C=O) groups excluding carboxylic acids is 4. The van der Waals surface area contributed by atoms with Crippen LogP contribution in [0.4, 0.5) is 4.79 Å². The summed E-state index contributed by atoms with van der Waals surface area (Å²) in [6.07, 6.45) is -1.23. The molecular formula is C20H19ClN2O5. The van der Waals surface area contributed by atoms with Gasteiger partial charge in [-0.05, 0) is 44.2 Å². The zero-order valence-electron chi connectivity index (χ0n) is 15.3. The van der Waals surface area contributed by atoms with Crippen molar-refractivity contribution in [3.63, 3.8) is 0 Å². The fraction of sp³-hybridized carbons (Fsp3) is 0.200. The highest BCUT2D eigenvalue weighted by molar-refractivity contribution is 6.30. The van der Waals surface area contributed by atoms with Crippen LogP contribution in [-0.4, -0.2) is 36.3 Å². The number of hydrogen-bond donors (Lipinski definition) is 2. The second-order valence-electron chi connectivity index (χ2n) is 5.78. The third-order valence-electron chi connectivity index (χ3n) is 3.73. The third-order valence-corrected chi connectivity index (χ3v) is 3.98. The van der Waals surface area contributed by atoms with Crippen LogP contribution in [0.15, 0.2) is 48.5 Å². The van der Waals surface area contributed by atoms with E-state index in [0.29, 0.717) is 17.1 Å². The maximum Gasteiger partial charge on any atom is 0.339 e. The average molecular weight is 403 g/mol. The van der Waals surface area contributed by atoms with Crippen molar-refractivity contribution in [2.75, 3.05) is 6.54 Å². The number of halogens is 1. The minimum atomic E-state index is -1.23. The molecule has 2 rings (SSSR count). The van der Waals surface area contributed by atoms with Gasteiger partial charge in [0.25, 0.3) is 5.91 Å². The molecule has 0 saturated carbocycles. The summed E-state index contributed by atoms with van der Waals surface area (Å²) in [5.74, 6) is -2.01. The lowest BCUT2D eigenvalue weighted by Gasteiger charge is -2.14. The van der Waals surface area contributed by atoms with E-state index >= 15 is 0 Å². The molecule has 28 heavy (non-hydrogen) atoms. The van der Waals surface area contributed by atoms with Gasteiger partial charge in [0.1, 0.15) is 0 Å². The van der Waals surface area contributed by atoms with Crippen LogP contribution in [0, 0.1) is 0 Å². The van der Waals surface area contributed by atoms with Gasteiger partial charge in [-0.25, -0.2) is 9.59 Å². The van der Waals surface area contributed by atoms with E-state index in [1.807, 2.05) is 0 Å². The number of carbonyl (C=O) groups is 4. The van der Waals surface area contributed by atoms with Crippen LogP contribution in [0.2, 0.25) is 5.02 Å². The lowest BCUT2D eigenvalue weighted by molar-refractivity contribution is -0.127. The van der Waals surface area contributed by atoms with Crippen LogP contribution < -0.4 is 10.6 Å². The van der Waals surface area contributed by atoms with Gasteiger partial charge in [-0.3, -0.25) is 14.9 Å². The second-order valence-corrected chi connectivity index (χ2v) is 6.21. The van der Waals surface area contributed by atoms with Crippen molar-refractivity contribution in [1.29, 1.82) is 0 Å². The molecule has 0 radical (unpaired) electrons. The number of benzene rings is 2. The van der Waals surface area contributed by atoms with Crippen molar-refractivity contribution in [2.24, 2.45) is 0 Å². The smallest absolute Gasteiger partial charge is 0.339 e. The molecule has 0 heterocycles. The Labute approximate surface area is 167 Å². The molecule has 3 amide bonds. The maximum absolute atomic E-state index is 12.7. The lowest BCUT2D eigenvalue weighted by atomic mass is 9.98. The number of ketones is 1. The zero-order valence-corrected chi connectivity index (χ0v) is 16.1. The van der Waals surface area contributed by atoms with Crippen molar-refractivity contribution in [3.8, 4) is 0 Å². The first-order valence-electron chi connectivity index (χ1n) is 8.52. The molecule has 146 valence electrons. The van der Waals surface area contributed by atoms with Crippen molar-refractivity contribution >= 4 is 35.3 Å². The Hall–Kier alpha value is -3.19. The van der Waals surface area contributed by atoms with Gasteiger partial charge in [-0.1, -0.05) is 29.8 Å². The summed E-state index contributed by atoms with van der Waals surface area (Å²) < 4.78 is 5.12. The molecule has 0 aliphatic heterocycles. The highest BCUT2D eigenvalue weighted by Gasteiger charge is 2.24. The first kappa shape index (κ1) is 21.1. The van der Waals surface area contributed by atoms with Crippen LogP contribution in [0.25, 0.3) is 0 Å². The van der Waals surface area contributed by atoms with Gasteiger partial charge in [0.15, 0.2) is 11.9 Å². The van der Waals surface area contributed by atoms with E-state index in [1.165, 1.54) is 19.1 Å². The summed E-state index contributed by atoms with van der Waals surface area (Å²) in [5, 5.41) is 4.94. The highest BCUT2D eigenvalue weighted by atomic mass is 35.5. The fourth-order valence-corrected chi connectivity index (χ4v) is 2.44. The Morgan fingerprint density at radius 1 is 1.00 bits per heavy atom. The molecule has 0 fully saturated rings. The van der Waals surface area contributed by atoms with E-state index in [9.17, 15) is 19.2 Å². The van der Waals surface area contributed by atoms with Gasteiger partial charge >= 0.3 is 12.0 Å². The summed E-state index contributed by atoms with van der Waals surface area (Å²) in [7, 11) is 0. The standard InChI is InChI=1S/C20H19ClN2O5/c1-3-22-20(27)23-18(25)12(2)28-19(26)16-7-5-4-6-15(16)17(24)13-8-10-14(21)11-9-13/h4-12H,3H2,1-2H3,(H2,22,23,25,27)/t12-/m1/s1. The number of rotatable bonds is 6. The molecule has 0 aliphatic rings. The fourth-order valence-electron chi connectivity index (χ4n) is 2.31. The van der Waals surface area contributed by atoms with E-state index in [-0.39, 0.29) is 16.9 Å². The maximum atomic E-state index is 12.7. The van der Waals surface area contributed by atoms with Gasteiger partial charge in [0.2, 0.25) is 0 Å². The largest absolute Gasteiger partial charge is 0.449 e. The molecule has 0 bridgehead atoms. The normalized spacial score (nSPS) is 11.2. The third kappa shape index (κ3) is 5.40. The molecule has 7 nitrogen and oxygen atoms in total. The average Bonchev–Trinajstić information content (AvgIpc) is 2.68. The number of amides is 3. The van der Waals surface area contributed by atoms with E-state index in [4.69, 9.17) is 16.3 Å². The van der Waals surface area contributed by atoms with Crippen LogP contribution in [-0.2, 0) is 9.53 Å². The highest BCUT2D eigenvalue weighted by Crippen LogP contribution is 2.18. The van der Waals surface area contributed by atoms with Gasteiger partial charge < -0.3 is 10.1 Å². The first-order valence-corrected chi connectivity index (χ1v) is 8.90. The Bertz CT molecular complexity index is 896. The van der Waals surface area contributed by atoms with E-state index in [1.54, 1.807) is 43.3 Å². The Kier molecular flexibility index (Phi) is 7.28. The molecule has 2 aromatic rings. The topological polar surface area (TPSA) is 102 Å². The summed E-state index contributed by atoms with van der Waals surface area (Å²) in [4.78, 5) is 48.6. The number of hydrogen-bond acceptors (Lipinski definition) is 5. The number of urea groups is 1. The van der Waals surface area contributed by atoms with E-state index in [0.717, 1.165) is 0 Å². The van der Waals surface area contributed by atoms with Crippen molar-refractivity contribution in [1.82, 2.24) is 10.6 Å². The molecule has 2 N–H and O–H groups in total. The molecule has 0 saturated heterocycles. The van der Waals surface area contributed by atoms with Gasteiger partial charge in [0.05, 0.1) is 5.56 Å². The zero-order chi connectivity index (χ0) is 20.7. The monoisotopic (exact) mass is 402 g/mol. The summed E-state index contributed by atoms with van der Waals surface area (Å²) in [6.45, 7) is 3.37. The minimum absolute atomic E-state index is 0.0140. The molecule has 0 unspecified atom stereocenters. The Morgan fingerprint density at radius 3 is 2.21 bits per heavy atom. The molecule has 0 aliphatic carbocycles. The Morgan fingerprint density at radius 2 is 1.61 bits per heavy atom. The van der Waals surface area contributed by atoms with Crippen LogP contribution in [0.3, 0.4) is 0 Å². The second kappa shape index (κ2) is 9.66. The lowest BCUT2D eigenvalue weighted by Crippen LogP contribution is -2.44. The van der Waals surface area contributed by atoms with Crippen molar-refractivity contribution in [3.05, 3.63) is 70.2 Å². The van der Waals surface area contributed by atoms with Crippen molar-refractivity contribution < 1.29 is 23.9 Å². The number of esters is 1. The van der Waals surface area contributed by atoms with E-state index < -0.39 is 24.0 Å². The minimum Gasteiger partial charge on any atom is -0.449 e. The van der Waals surface area contributed by atoms with Crippen LogP contribution in [0.5, 0.6) is 0 Å². The van der Waals surface area contributed by atoms with Gasteiger partial charge in [0, 0.05) is 22.7 Å². The predicted octanol–water partition coefficient (Wildman–Crippen LogP) is 2.96. The van der Waals surface area contributed by atoms with E-state index in [2.05, 4.69) is 10.6 Å². The summed E-state index contributed by atoms with van der Waals surface area (Å²) in [6, 6.07) is 11.7. The molecule has 0 spiro atoms. The van der Waals surface area contributed by atoms with Gasteiger partial charge in [-0.15, -0.1) is 0 Å². The SMILES string of the molecule is CCNC(=O)NC(=O)[C@@H](C)OC(=O)c1ccccc1C(=O)c1ccc(Cl)cc1.